The highest BCUT2D eigenvalue weighted by Crippen LogP contribution is 2.18. The molecule has 6 heteroatoms. The van der Waals surface area contributed by atoms with Gasteiger partial charge < -0.3 is 14.2 Å². The summed E-state index contributed by atoms with van der Waals surface area (Å²) in [5.74, 6) is -0.876. The van der Waals surface area contributed by atoms with E-state index in [4.69, 9.17) is 14.2 Å². The van der Waals surface area contributed by atoms with Crippen molar-refractivity contribution in [2.75, 3.05) is 13.2 Å². The molecule has 0 saturated heterocycles. The van der Waals surface area contributed by atoms with Gasteiger partial charge in [0.1, 0.15) is 13.2 Å². The van der Waals surface area contributed by atoms with Gasteiger partial charge in [0.05, 0.1) is 0 Å². The lowest BCUT2D eigenvalue weighted by Crippen LogP contribution is -2.30. The summed E-state index contributed by atoms with van der Waals surface area (Å²) in [6.07, 6.45) is 86.3. The van der Waals surface area contributed by atoms with E-state index in [-0.39, 0.29) is 31.1 Å². The standard InChI is InChI=1S/C72H128O6/c1-4-7-10-13-16-19-22-25-28-30-32-34-36-38-39-41-44-47-50-53-56-59-62-65-71(74)77-68-69(67-76-70(73)64-61-58-55-52-49-46-43-27-24-21-18-15-12-9-6-3)78-72(75)66-63-60-57-54-51-48-45-42-40-37-35-33-31-29-26-23-20-17-14-11-8-5-2/h7,10,16,18-19,21,25,27-28,32,34,43,69H,4-6,8-9,11-15,17,20,22-24,26,29-31,33,35-42,44-68H2,1-3H3/b10-7-,19-16-,21-18-,28-25-,34-32-,43-27-. The minimum Gasteiger partial charge on any atom is -0.462 e. The largest absolute Gasteiger partial charge is 0.462 e. The van der Waals surface area contributed by atoms with Crippen LogP contribution in [0.15, 0.2) is 72.9 Å². The van der Waals surface area contributed by atoms with Crippen LogP contribution < -0.4 is 0 Å². The highest BCUT2D eigenvalue weighted by atomic mass is 16.6. The smallest absolute Gasteiger partial charge is 0.306 e. The van der Waals surface area contributed by atoms with Gasteiger partial charge in [-0.1, -0.05) is 312 Å². The second-order valence-electron chi connectivity index (χ2n) is 22.7. The molecule has 0 aromatic carbocycles. The van der Waals surface area contributed by atoms with Crippen LogP contribution in [0, 0.1) is 0 Å². The summed E-state index contributed by atoms with van der Waals surface area (Å²) in [6, 6.07) is 0. The Morgan fingerprint density at radius 3 is 0.808 bits per heavy atom. The quantitative estimate of drug-likeness (QED) is 0.0261. The highest BCUT2D eigenvalue weighted by molar-refractivity contribution is 5.71. The molecule has 0 aliphatic heterocycles. The molecule has 0 aromatic heterocycles. The molecule has 0 N–H and O–H groups in total. The predicted molar refractivity (Wildman–Crippen MR) is 339 cm³/mol. The fourth-order valence-electron chi connectivity index (χ4n) is 9.88. The molecule has 0 rings (SSSR count). The van der Waals surface area contributed by atoms with Crippen LogP contribution in [-0.4, -0.2) is 37.2 Å². The average molecular weight is 1090 g/mol. The highest BCUT2D eigenvalue weighted by Gasteiger charge is 2.19. The number of hydrogen-bond donors (Lipinski definition) is 0. The number of esters is 3. The number of ether oxygens (including phenoxy) is 3. The molecule has 78 heavy (non-hydrogen) atoms. The Bertz CT molecular complexity index is 1440. The number of allylic oxidation sites excluding steroid dienone is 12. The van der Waals surface area contributed by atoms with Gasteiger partial charge in [-0.2, -0.15) is 0 Å². The Morgan fingerprint density at radius 2 is 0.500 bits per heavy atom. The van der Waals surface area contributed by atoms with Crippen molar-refractivity contribution in [2.45, 2.75) is 354 Å². The maximum absolute atomic E-state index is 12.9. The fraction of sp³-hybridized carbons (Fsp3) is 0.792. The van der Waals surface area contributed by atoms with E-state index in [0.717, 1.165) is 103 Å². The molecule has 6 nitrogen and oxygen atoms in total. The third kappa shape index (κ3) is 63.7. The average Bonchev–Trinajstić information content (AvgIpc) is 3.44. The summed E-state index contributed by atoms with van der Waals surface area (Å²) in [6.45, 7) is 6.54. The van der Waals surface area contributed by atoms with Crippen LogP contribution in [0.2, 0.25) is 0 Å². The minimum absolute atomic E-state index is 0.0790. The Kier molecular flexibility index (Phi) is 63.7. The van der Waals surface area contributed by atoms with Crippen molar-refractivity contribution in [3.8, 4) is 0 Å². The Morgan fingerprint density at radius 1 is 0.269 bits per heavy atom. The summed E-state index contributed by atoms with van der Waals surface area (Å²) in [5, 5.41) is 0. The van der Waals surface area contributed by atoms with Crippen LogP contribution in [0.25, 0.3) is 0 Å². The molecular formula is C72H128O6. The van der Waals surface area contributed by atoms with Crippen molar-refractivity contribution in [1.82, 2.24) is 0 Å². The van der Waals surface area contributed by atoms with Gasteiger partial charge >= 0.3 is 17.9 Å². The fourth-order valence-corrected chi connectivity index (χ4v) is 9.88. The van der Waals surface area contributed by atoms with E-state index in [9.17, 15) is 14.4 Å². The number of hydrogen-bond acceptors (Lipinski definition) is 6. The van der Waals surface area contributed by atoms with E-state index in [0.29, 0.717) is 19.3 Å². The van der Waals surface area contributed by atoms with Gasteiger partial charge in [0, 0.05) is 19.3 Å². The molecule has 0 spiro atoms. The van der Waals surface area contributed by atoms with E-state index in [1.165, 1.54) is 205 Å². The molecule has 0 fully saturated rings. The molecule has 0 radical (unpaired) electrons. The maximum atomic E-state index is 12.9. The first-order valence-corrected chi connectivity index (χ1v) is 33.9. The van der Waals surface area contributed by atoms with Gasteiger partial charge in [0.25, 0.3) is 0 Å². The Balaban J connectivity index is 4.33. The topological polar surface area (TPSA) is 78.9 Å². The molecule has 1 atom stereocenters. The normalized spacial score (nSPS) is 12.5. The van der Waals surface area contributed by atoms with Crippen LogP contribution in [0.1, 0.15) is 348 Å². The van der Waals surface area contributed by atoms with Crippen LogP contribution in [0.3, 0.4) is 0 Å². The van der Waals surface area contributed by atoms with Crippen LogP contribution in [0.5, 0.6) is 0 Å². The zero-order valence-electron chi connectivity index (χ0n) is 51.9. The lowest BCUT2D eigenvalue weighted by Gasteiger charge is -2.18. The van der Waals surface area contributed by atoms with E-state index < -0.39 is 6.10 Å². The molecular weight excluding hydrogens is 961 g/mol. The number of unbranched alkanes of at least 4 members (excludes halogenated alkanes) is 39. The van der Waals surface area contributed by atoms with Crippen LogP contribution in [0.4, 0.5) is 0 Å². The zero-order chi connectivity index (χ0) is 56.4. The van der Waals surface area contributed by atoms with E-state index >= 15 is 0 Å². The minimum atomic E-state index is -0.783. The van der Waals surface area contributed by atoms with Crippen molar-refractivity contribution in [3.05, 3.63) is 72.9 Å². The molecule has 0 aliphatic carbocycles. The van der Waals surface area contributed by atoms with Gasteiger partial charge in [-0.15, -0.1) is 0 Å². The summed E-state index contributed by atoms with van der Waals surface area (Å²) in [7, 11) is 0. The molecule has 0 aromatic rings. The third-order valence-electron chi connectivity index (χ3n) is 14.9. The van der Waals surface area contributed by atoms with E-state index in [1.807, 2.05) is 0 Å². The van der Waals surface area contributed by atoms with Gasteiger partial charge in [-0.3, -0.25) is 14.4 Å². The molecule has 0 bridgehead atoms. The summed E-state index contributed by atoms with van der Waals surface area (Å²) >= 11 is 0. The summed E-state index contributed by atoms with van der Waals surface area (Å²) in [5.41, 5.74) is 0. The summed E-state index contributed by atoms with van der Waals surface area (Å²) in [4.78, 5) is 38.4. The summed E-state index contributed by atoms with van der Waals surface area (Å²) < 4.78 is 17.0. The van der Waals surface area contributed by atoms with Gasteiger partial charge in [-0.05, 0) is 89.9 Å². The second-order valence-corrected chi connectivity index (χ2v) is 22.7. The van der Waals surface area contributed by atoms with Crippen molar-refractivity contribution < 1.29 is 28.6 Å². The van der Waals surface area contributed by atoms with Crippen molar-refractivity contribution in [1.29, 1.82) is 0 Å². The number of carbonyl (C=O) groups is 3. The lowest BCUT2D eigenvalue weighted by atomic mass is 10.0. The molecule has 0 heterocycles. The lowest BCUT2D eigenvalue weighted by molar-refractivity contribution is -0.167. The number of carbonyl (C=O) groups excluding carboxylic acids is 3. The predicted octanol–water partition coefficient (Wildman–Crippen LogP) is 23.3. The van der Waals surface area contributed by atoms with E-state index in [1.54, 1.807) is 0 Å². The first kappa shape index (κ1) is 74.8. The van der Waals surface area contributed by atoms with Crippen molar-refractivity contribution in [2.24, 2.45) is 0 Å². The molecule has 1 unspecified atom stereocenters. The van der Waals surface area contributed by atoms with Crippen LogP contribution in [-0.2, 0) is 28.6 Å². The molecule has 0 amide bonds. The monoisotopic (exact) mass is 1090 g/mol. The third-order valence-corrected chi connectivity index (χ3v) is 14.9. The van der Waals surface area contributed by atoms with Crippen molar-refractivity contribution >= 4 is 17.9 Å². The van der Waals surface area contributed by atoms with Gasteiger partial charge in [-0.25, -0.2) is 0 Å². The molecule has 0 aliphatic rings. The molecule has 0 saturated carbocycles. The zero-order valence-corrected chi connectivity index (χ0v) is 51.9. The Labute approximate surface area is 484 Å². The second kappa shape index (κ2) is 66.4. The maximum Gasteiger partial charge on any atom is 0.306 e. The number of rotatable bonds is 62. The van der Waals surface area contributed by atoms with Crippen LogP contribution >= 0.6 is 0 Å². The SMILES string of the molecule is CC/C=C\C/C=C\C/C=C\C/C=C\CCCCCCCCCCCCC(=O)OCC(COC(=O)CCCCCCC/C=C\C/C=C\CCCCC)OC(=O)CCCCCCCCCCCCCCCCCCCCCCCC. The first-order valence-electron chi connectivity index (χ1n) is 33.9. The van der Waals surface area contributed by atoms with Gasteiger partial charge in [0.2, 0.25) is 0 Å². The van der Waals surface area contributed by atoms with Crippen molar-refractivity contribution in [3.63, 3.8) is 0 Å². The first-order chi connectivity index (χ1) is 38.5. The van der Waals surface area contributed by atoms with E-state index in [2.05, 4.69) is 93.7 Å². The van der Waals surface area contributed by atoms with Gasteiger partial charge in [0.15, 0.2) is 6.10 Å². The molecule has 452 valence electrons. The Hall–Kier alpha value is -3.15.